The minimum atomic E-state index is 0.0225. The maximum Gasteiger partial charge on any atom is 0.255 e. The molecule has 2 N–H and O–H groups in total. The van der Waals surface area contributed by atoms with Crippen molar-refractivity contribution < 1.29 is 4.79 Å². The van der Waals surface area contributed by atoms with Gasteiger partial charge in [-0.3, -0.25) is 4.79 Å². The fourth-order valence-corrected chi connectivity index (χ4v) is 2.55. The Morgan fingerprint density at radius 3 is 2.33 bits per heavy atom. The van der Waals surface area contributed by atoms with Gasteiger partial charge in [-0.25, -0.2) is 0 Å². The molecule has 0 aliphatic carbocycles. The molecule has 0 radical (unpaired) electrons. The molecule has 0 fully saturated rings. The zero-order valence-electron chi connectivity index (χ0n) is 12.2. The van der Waals surface area contributed by atoms with Crippen LogP contribution in [-0.2, 0) is 6.54 Å². The second kappa shape index (κ2) is 6.76. The van der Waals surface area contributed by atoms with Crippen LogP contribution in [0.2, 0.25) is 0 Å². The summed E-state index contributed by atoms with van der Waals surface area (Å²) in [6.07, 6.45) is 0. The predicted octanol–water partition coefficient (Wildman–Crippen LogP) is 4.08. The van der Waals surface area contributed by atoms with E-state index in [1.165, 1.54) is 0 Å². The Morgan fingerprint density at radius 1 is 1.14 bits per heavy atom. The monoisotopic (exact) mass is 346 g/mol. The maximum absolute atomic E-state index is 12.7. The molecular formula is C17H19BrN2O. The van der Waals surface area contributed by atoms with Gasteiger partial charge < -0.3 is 10.6 Å². The first-order valence-electron chi connectivity index (χ1n) is 6.89. The number of amides is 1. The Hall–Kier alpha value is -1.81. The summed E-state index contributed by atoms with van der Waals surface area (Å²) in [6.45, 7) is 4.61. The number of nitrogens with two attached hydrogens (primary N) is 1. The highest BCUT2D eigenvalue weighted by atomic mass is 79.9. The van der Waals surface area contributed by atoms with Gasteiger partial charge in [-0.1, -0.05) is 24.3 Å². The van der Waals surface area contributed by atoms with E-state index in [-0.39, 0.29) is 11.9 Å². The van der Waals surface area contributed by atoms with Crippen LogP contribution in [0.1, 0.15) is 29.8 Å². The van der Waals surface area contributed by atoms with Gasteiger partial charge in [-0.15, -0.1) is 0 Å². The number of hydrogen-bond acceptors (Lipinski definition) is 2. The van der Waals surface area contributed by atoms with Crippen molar-refractivity contribution in [1.29, 1.82) is 0 Å². The Labute approximate surface area is 133 Å². The largest absolute Gasteiger partial charge is 0.399 e. The van der Waals surface area contributed by atoms with Gasteiger partial charge >= 0.3 is 0 Å². The van der Waals surface area contributed by atoms with Crippen LogP contribution in [0.3, 0.4) is 0 Å². The van der Waals surface area contributed by atoms with Crippen molar-refractivity contribution in [1.82, 2.24) is 4.90 Å². The third-order valence-corrected chi connectivity index (χ3v) is 4.01. The summed E-state index contributed by atoms with van der Waals surface area (Å²) in [5, 5.41) is 0. The van der Waals surface area contributed by atoms with Crippen LogP contribution in [0.15, 0.2) is 53.0 Å². The third kappa shape index (κ3) is 3.85. The van der Waals surface area contributed by atoms with Gasteiger partial charge in [0.05, 0.1) is 5.56 Å². The first-order chi connectivity index (χ1) is 9.99. The molecule has 2 aromatic carbocycles. The van der Waals surface area contributed by atoms with Crippen molar-refractivity contribution in [2.45, 2.75) is 26.4 Å². The van der Waals surface area contributed by atoms with Gasteiger partial charge in [0.15, 0.2) is 0 Å². The van der Waals surface area contributed by atoms with Crippen LogP contribution in [0.25, 0.3) is 0 Å². The average molecular weight is 347 g/mol. The van der Waals surface area contributed by atoms with E-state index in [1.54, 1.807) is 0 Å². The van der Waals surface area contributed by atoms with Crippen molar-refractivity contribution in [2.24, 2.45) is 0 Å². The molecule has 4 heteroatoms. The summed E-state index contributed by atoms with van der Waals surface area (Å²) in [6, 6.07) is 15.2. The van der Waals surface area contributed by atoms with Crippen LogP contribution in [0, 0.1) is 0 Å². The zero-order chi connectivity index (χ0) is 15.4. The van der Waals surface area contributed by atoms with Gasteiger partial charge in [-0.05, 0) is 59.6 Å². The molecule has 3 nitrogen and oxygen atoms in total. The summed E-state index contributed by atoms with van der Waals surface area (Å²) in [4.78, 5) is 14.6. The second-order valence-electron chi connectivity index (χ2n) is 5.25. The minimum Gasteiger partial charge on any atom is -0.399 e. The number of nitrogens with zero attached hydrogens (tertiary/aromatic N) is 1. The lowest BCUT2D eigenvalue weighted by Gasteiger charge is -2.27. The van der Waals surface area contributed by atoms with Crippen molar-refractivity contribution >= 4 is 27.5 Å². The number of hydrogen-bond donors (Lipinski definition) is 1. The number of nitrogen functional groups attached to an aromatic ring is 1. The normalized spacial score (nSPS) is 10.7. The van der Waals surface area contributed by atoms with Crippen molar-refractivity contribution in [3.05, 3.63) is 64.1 Å². The van der Waals surface area contributed by atoms with E-state index in [1.807, 2.05) is 67.3 Å². The van der Waals surface area contributed by atoms with Crippen LogP contribution in [-0.4, -0.2) is 16.8 Å². The number of anilines is 1. The molecule has 1 amide bonds. The highest BCUT2D eigenvalue weighted by molar-refractivity contribution is 9.10. The molecule has 110 valence electrons. The lowest BCUT2D eigenvalue weighted by Crippen LogP contribution is -2.36. The van der Waals surface area contributed by atoms with Crippen LogP contribution in [0.5, 0.6) is 0 Å². The highest BCUT2D eigenvalue weighted by Gasteiger charge is 2.20. The van der Waals surface area contributed by atoms with E-state index >= 15 is 0 Å². The molecule has 0 unspecified atom stereocenters. The summed E-state index contributed by atoms with van der Waals surface area (Å²) >= 11 is 3.45. The van der Waals surface area contributed by atoms with E-state index in [9.17, 15) is 4.79 Å². The van der Waals surface area contributed by atoms with E-state index < -0.39 is 0 Å². The van der Waals surface area contributed by atoms with E-state index in [0.29, 0.717) is 12.1 Å². The van der Waals surface area contributed by atoms with Crippen molar-refractivity contribution in [3.63, 3.8) is 0 Å². The van der Waals surface area contributed by atoms with Crippen molar-refractivity contribution in [3.8, 4) is 0 Å². The number of rotatable bonds is 4. The molecule has 0 saturated carbocycles. The lowest BCUT2D eigenvalue weighted by molar-refractivity contribution is 0.0689. The van der Waals surface area contributed by atoms with E-state index in [4.69, 9.17) is 5.73 Å². The second-order valence-corrected chi connectivity index (χ2v) is 6.10. The SMILES string of the molecule is CC(C)N(Cc1ccc(N)cc1)C(=O)c1ccccc1Br. The number of halogens is 1. The minimum absolute atomic E-state index is 0.0225. The third-order valence-electron chi connectivity index (χ3n) is 3.32. The average Bonchev–Trinajstić information content (AvgIpc) is 2.46. The first-order valence-corrected chi connectivity index (χ1v) is 7.68. The Kier molecular flexibility index (Phi) is 5.02. The molecule has 2 rings (SSSR count). The Morgan fingerprint density at radius 2 is 1.76 bits per heavy atom. The summed E-state index contributed by atoms with van der Waals surface area (Å²) in [5.41, 5.74) is 8.18. The molecule has 0 saturated heterocycles. The Balaban J connectivity index is 2.25. The lowest BCUT2D eigenvalue weighted by atomic mass is 10.1. The van der Waals surface area contributed by atoms with E-state index in [0.717, 1.165) is 15.7 Å². The number of carbonyl (C=O) groups is 1. The molecule has 0 spiro atoms. The molecule has 2 aromatic rings. The summed E-state index contributed by atoms with van der Waals surface area (Å²) in [5.74, 6) is 0.0225. The van der Waals surface area contributed by atoms with Gasteiger partial charge in [0.25, 0.3) is 5.91 Å². The Bertz CT molecular complexity index is 623. The highest BCUT2D eigenvalue weighted by Crippen LogP contribution is 2.20. The quantitative estimate of drug-likeness (QED) is 0.847. The molecule has 0 aromatic heterocycles. The molecular weight excluding hydrogens is 328 g/mol. The number of benzene rings is 2. The fourth-order valence-electron chi connectivity index (χ4n) is 2.10. The molecule has 0 aliphatic rings. The van der Waals surface area contributed by atoms with Gasteiger partial charge in [-0.2, -0.15) is 0 Å². The molecule has 0 bridgehead atoms. The standard InChI is InChI=1S/C17H19BrN2O/c1-12(2)20(11-13-7-9-14(19)10-8-13)17(21)15-5-3-4-6-16(15)18/h3-10,12H,11,19H2,1-2H3. The van der Waals surface area contributed by atoms with Gasteiger partial charge in [0.1, 0.15) is 0 Å². The van der Waals surface area contributed by atoms with Gasteiger partial charge in [0, 0.05) is 22.7 Å². The van der Waals surface area contributed by atoms with Gasteiger partial charge in [0.2, 0.25) is 0 Å². The summed E-state index contributed by atoms with van der Waals surface area (Å²) < 4.78 is 0.818. The maximum atomic E-state index is 12.7. The molecule has 0 aliphatic heterocycles. The summed E-state index contributed by atoms with van der Waals surface area (Å²) in [7, 11) is 0. The van der Waals surface area contributed by atoms with Crippen LogP contribution >= 0.6 is 15.9 Å². The van der Waals surface area contributed by atoms with Crippen LogP contribution in [0.4, 0.5) is 5.69 Å². The number of carbonyl (C=O) groups excluding carboxylic acids is 1. The first kappa shape index (κ1) is 15.6. The molecule has 0 atom stereocenters. The predicted molar refractivity (Wildman–Crippen MR) is 90.0 cm³/mol. The smallest absolute Gasteiger partial charge is 0.255 e. The van der Waals surface area contributed by atoms with Crippen molar-refractivity contribution in [2.75, 3.05) is 5.73 Å². The molecule has 0 heterocycles. The molecule has 21 heavy (non-hydrogen) atoms. The topological polar surface area (TPSA) is 46.3 Å². The zero-order valence-corrected chi connectivity index (χ0v) is 13.8. The fraction of sp³-hybridized carbons (Fsp3) is 0.235. The van der Waals surface area contributed by atoms with Crippen LogP contribution < -0.4 is 5.73 Å². The van der Waals surface area contributed by atoms with E-state index in [2.05, 4.69) is 15.9 Å².